The molecular weight excluding hydrogens is 231 g/mol. The van der Waals surface area contributed by atoms with E-state index in [0.29, 0.717) is 10.8 Å². The summed E-state index contributed by atoms with van der Waals surface area (Å²) in [5.41, 5.74) is 0.655. The highest BCUT2D eigenvalue weighted by Crippen LogP contribution is 2.20. The first kappa shape index (κ1) is 10.6. The molecule has 1 aromatic carbocycles. The minimum atomic E-state index is -1.07. The van der Waals surface area contributed by atoms with E-state index < -0.39 is 5.97 Å². The molecule has 2 aromatic rings. The van der Waals surface area contributed by atoms with E-state index >= 15 is 0 Å². The van der Waals surface area contributed by atoms with E-state index in [4.69, 9.17) is 5.11 Å². The van der Waals surface area contributed by atoms with Crippen molar-refractivity contribution in [1.29, 1.82) is 0 Å². The Morgan fingerprint density at radius 3 is 2.62 bits per heavy atom. The third kappa shape index (κ3) is 2.34. The van der Waals surface area contributed by atoms with Crippen LogP contribution in [-0.4, -0.2) is 16.1 Å². The second-order valence-corrected chi connectivity index (χ2v) is 3.83. The zero-order chi connectivity index (χ0) is 11.5. The van der Waals surface area contributed by atoms with E-state index in [1.54, 1.807) is 12.1 Å². The summed E-state index contributed by atoms with van der Waals surface area (Å²) in [5, 5.41) is 13.5. The second kappa shape index (κ2) is 4.28. The smallest absolute Gasteiger partial charge is 0.355 e. The van der Waals surface area contributed by atoms with E-state index in [1.165, 1.54) is 28.8 Å². The van der Waals surface area contributed by atoms with Crippen LogP contribution in [0.1, 0.15) is 10.5 Å². The van der Waals surface area contributed by atoms with Gasteiger partial charge in [0.25, 0.3) is 0 Å². The number of halogens is 1. The molecule has 1 heterocycles. The van der Waals surface area contributed by atoms with Gasteiger partial charge in [0.15, 0.2) is 10.8 Å². The van der Waals surface area contributed by atoms with Crippen LogP contribution in [0.25, 0.3) is 0 Å². The lowest BCUT2D eigenvalue weighted by atomic mass is 10.3. The van der Waals surface area contributed by atoms with Crippen LogP contribution in [0.5, 0.6) is 0 Å². The number of hydrogen-bond acceptors (Lipinski definition) is 4. The standard InChI is InChI=1S/C10H7FN2O2S/c11-6-1-3-7(4-2-6)12-10-13-8(5-16-10)9(14)15/h1-5H,(H,12,13)(H,14,15). The Labute approximate surface area is 94.4 Å². The van der Waals surface area contributed by atoms with Gasteiger partial charge in [-0.15, -0.1) is 11.3 Å². The van der Waals surface area contributed by atoms with Gasteiger partial charge in [-0.05, 0) is 24.3 Å². The van der Waals surface area contributed by atoms with Crippen LogP contribution in [0.3, 0.4) is 0 Å². The molecular formula is C10H7FN2O2S. The van der Waals surface area contributed by atoms with Gasteiger partial charge in [-0.25, -0.2) is 14.2 Å². The molecule has 0 bridgehead atoms. The lowest BCUT2D eigenvalue weighted by Gasteiger charge is -2.00. The third-order valence-corrected chi connectivity index (χ3v) is 2.58. The molecule has 2 rings (SSSR count). The van der Waals surface area contributed by atoms with Crippen molar-refractivity contribution in [2.24, 2.45) is 0 Å². The Morgan fingerprint density at radius 2 is 2.06 bits per heavy atom. The Kier molecular flexibility index (Phi) is 2.82. The quantitative estimate of drug-likeness (QED) is 0.863. The molecule has 0 aliphatic heterocycles. The van der Waals surface area contributed by atoms with Crippen molar-refractivity contribution in [2.45, 2.75) is 0 Å². The van der Waals surface area contributed by atoms with Crippen LogP contribution in [0.15, 0.2) is 29.6 Å². The highest BCUT2D eigenvalue weighted by molar-refractivity contribution is 7.14. The molecule has 0 atom stereocenters. The fraction of sp³-hybridized carbons (Fsp3) is 0. The molecule has 6 heteroatoms. The highest BCUT2D eigenvalue weighted by Gasteiger charge is 2.08. The predicted molar refractivity (Wildman–Crippen MR) is 58.8 cm³/mol. The summed E-state index contributed by atoms with van der Waals surface area (Å²) in [5.74, 6) is -1.39. The zero-order valence-electron chi connectivity index (χ0n) is 7.98. The number of carboxylic acids is 1. The lowest BCUT2D eigenvalue weighted by Crippen LogP contribution is -1.97. The summed E-state index contributed by atoms with van der Waals surface area (Å²) in [6.07, 6.45) is 0. The van der Waals surface area contributed by atoms with Crippen molar-refractivity contribution in [3.05, 3.63) is 41.2 Å². The summed E-state index contributed by atoms with van der Waals surface area (Å²) >= 11 is 1.18. The normalized spacial score (nSPS) is 10.1. The monoisotopic (exact) mass is 238 g/mol. The SMILES string of the molecule is O=C(O)c1csc(Nc2ccc(F)cc2)n1. The average Bonchev–Trinajstić information content (AvgIpc) is 2.70. The summed E-state index contributed by atoms with van der Waals surface area (Å²) in [7, 11) is 0. The van der Waals surface area contributed by atoms with E-state index in [0.717, 1.165) is 0 Å². The predicted octanol–water partition coefficient (Wildman–Crippen LogP) is 2.72. The zero-order valence-corrected chi connectivity index (χ0v) is 8.79. The molecule has 1 aromatic heterocycles. The summed E-state index contributed by atoms with van der Waals surface area (Å²) in [6.45, 7) is 0. The first-order valence-electron chi connectivity index (χ1n) is 4.36. The maximum absolute atomic E-state index is 12.6. The van der Waals surface area contributed by atoms with Crippen molar-refractivity contribution in [1.82, 2.24) is 4.98 Å². The molecule has 0 saturated carbocycles. The number of nitrogens with zero attached hydrogens (tertiary/aromatic N) is 1. The number of aromatic carboxylic acids is 1. The lowest BCUT2D eigenvalue weighted by molar-refractivity contribution is 0.0691. The molecule has 2 N–H and O–H groups in total. The molecule has 0 aliphatic rings. The Bertz CT molecular complexity index is 510. The van der Waals surface area contributed by atoms with E-state index in [2.05, 4.69) is 10.3 Å². The van der Waals surface area contributed by atoms with Gasteiger partial charge >= 0.3 is 5.97 Å². The first-order valence-corrected chi connectivity index (χ1v) is 5.24. The van der Waals surface area contributed by atoms with Gasteiger partial charge in [0.1, 0.15) is 5.82 Å². The van der Waals surface area contributed by atoms with Crippen LogP contribution >= 0.6 is 11.3 Å². The van der Waals surface area contributed by atoms with Crippen LogP contribution in [0.2, 0.25) is 0 Å². The van der Waals surface area contributed by atoms with Crippen molar-refractivity contribution in [2.75, 3.05) is 5.32 Å². The Hall–Kier alpha value is -1.95. The molecule has 0 aliphatic carbocycles. The Balaban J connectivity index is 2.14. The first-order chi connectivity index (χ1) is 7.65. The maximum atomic E-state index is 12.6. The van der Waals surface area contributed by atoms with E-state index in [-0.39, 0.29) is 11.5 Å². The van der Waals surface area contributed by atoms with Gasteiger partial charge < -0.3 is 10.4 Å². The number of anilines is 2. The largest absolute Gasteiger partial charge is 0.476 e. The second-order valence-electron chi connectivity index (χ2n) is 2.97. The van der Waals surface area contributed by atoms with Crippen molar-refractivity contribution < 1.29 is 14.3 Å². The van der Waals surface area contributed by atoms with Crippen molar-refractivity contribution in [3.63, 3.8) is 0 Å². The fourth-order valence-corrected chi connectivity index (χ4v) is 1.79. The fourth-order valence-electron chi connectivity index (χ4n) is 1.09. The van der Waals surface area contributed by atoms with E-state index in [1.807, 2.05) is 0 Å². The summed E-state index contributed by atoms with van der Waals surface area (Å²) in [4.78, 5) is 14.4. The number of carbonyl (C=O) groups is 1. The molecule has 0 amide bonds. The summed E-state index contributed by atoms with van der Waals surface area (Å²) in [6, 6.07) is 5.73. The molecule has 0 spiro atoms. The Morgan fingerprint density at radius 1 is 1.38 bits per heavy atom. The number of rotatable bonds is 3. The van der Waals surface area contributed by atoms with Gasteiger partial charge in [-0.3, -0.25) is 0 Å². The number of carboxylic acid groups (broad SMARTS) is 1. The number of hydrogen-bond donors (Lipinski definition) is 2. The minimum Gasteiger partial charge on any atom is -0.476 e. The number of nitrogens with one attached hydrogen (secondary N) is 1. The van der Waals surface area contributed by atoms with Gasteiger partial charge in [-0.2, -0.15) is 0 Å². The van der Waals surface area contributed by atoms with Crippen molar-refractivity contribution >= 4 is 28.1 Å². The van der Waals surface area contributed by atoms with Gasteiger partial charge in [0.05, 0.1) is 0 Å². The number of thiazole rings is 1. The molecule has 0 radical (unpaired) electrons. The van der Waals surface area contributed by atoms with Crippen LogP contribution in [-0.2, 0) is 0 Å². The highest BCUT2D eigenvalue weighted by atomic mass is 32.1. The number of aromatic nitrogens is 1. The minimum absolute atomic E-state index is 0.00499. The summed E-state index contributed by atoms with van der Waals surface area (Å²) < 4.78 is 12.6. The van der Waals surface area contributed by atoms with Gasteiger partial charge in [0, 0.05) is 11.1 Å². The molecule has 4 nitrogen and oxygen atoms in total. The average molecular weight is 238 g/mol. The molecule has 0 fully saturated rings. The van der Waals surface area contributed by atoms with Crippen LogP contribution < -0.4 is 5.32 Å². The van der Waals surface area contributed by atoms with Gasteiger partial charge in [0.2, 0.25) is 0 Å². The molecule has 0 saturated heterocycles. The molecule has 16 heavy (non-hydrogen) atoms. The van der Waals surface area contributed by atoms with Gasteiger partial charge in [-0.1, -0.05) is 0 Å². The molecule has 0 unspecified atom stereocenters. The maximum Gasteiger partial charge on any atom is 0.355 e. The third-order valence-electron chi connectivity index (χ3n) is 1.82. The topological polar surface area (TPSA) is 62.2 Å². The van der Waals surface area contributed by atoms with Crippen LogP contribution in [0.4, 0.5) is 15.2 Å². The van der Waals surface area contributed by atoms with Crippen LogP contribution in [0, 0.1) is 5.82 Å². The van der Waals surface area contributed by atoms with E-state index in [9.17, 15) is 9.18 Å². The molecule has 82 valence electrons. The number of benzene rings is 1. The van der Waals surface area contributed by atoms with Crippen molar-refractivity contribution in [3.8, 4) is 0 Å².